The number of amides is 1. The molecule has 1 N–H and O–H groups in total. The van der Waals surface area contributed by atoms with Crippen LogP contribution in [0.15, 0.2) is 52.1 Å². The lowest BCUT2D eigenvalue weighted by Gasteiger charge is -2.35. The van der Waals surface area contributed by atoms with E-state index in [2.05, 4.69) is 21.2 Å². The lowest BCUT2D eigenvalue weighted by Crippen LogP contribution is -2.49. The van der Waals surface area contributed by atoms with E-state index >= 15 is 0 Å². The highest BCUT2D eigenvalue weighted by Crippen LogP contribution is 2.23. The average molecular weight is 530 g/mol. The molecule has 0 saturated carbocycles. The summed E-state index contributed by atoms with van der Waals surface area (Å²) in [6.07, 6.45) is 0. The maximum Gasteiger partial charge on any atom is 0.332 e. The normalized spacial score (nSPS) is 14.2. The Bertz CT molecular complexity index is 1640. The van der Waals surface area contributed by atoms with Crippen molar-refractivity contribution in [2.24, 2.45) is 14.1 Å². The number of benzene rings is 2. The highest BCUT2D eigenvalue weighted by atomic mass is 16.2. The number of hydrogen-bond donors (Lipinski definition) is 1. The number of aromatic nitrogens is 4. The van der Waals surface area contributed by atoms with E-state index in [1.165, 1.54) is 11.6 Å². The number of anilines is 2. The third-order valence-electron chi connectivity index (χ3n) is 7.32. The van der Waals surface area contributed by atoms with Crippen molar-refractivity contribution < 1.29 is 4.79 Å². The first-order chi connectivity index (χ1) is 18.6. The van der Waals surface area contributed by atoms with Gasteiger partial charge in [0.15, 0.2) is 11.2 Å². The monoisotopic (exact) mass is 529 g/mol. The van der Waals surface area contributed by atoms with E-state index in [4.69, 9.17) is 4.98 Å². The Labute approximate surface area is 227 Å². The molecule has 39 heavy (non-hydrogen) atoms. The van der Waals surface area contributed by atoms with Crippen molar-refractivity contribution in [3.63, 3.8) is 0 Å². The third kappa shape index (κ3) is 5.37. The molecule has 0 radical (unpaired) electrons. The summed E-state index contributed by atoms with van der Waals surface area (Å²) in [7, 11) is 3.14. The predicted octanol–water partition coefficient (Wildman–Crippen LogP) is 2.17. The Balaban J connectivity index is 1.38. The summed E-state index contributed by atoms with van der Waals surface area (Å²) in [6, 6.07) is 14.2. The van der Waals surface area contributed by atoms with Crippen LogP contribution >= 0.6 is 0 Å². The van der Waals surface area contributed by atoms with E-state index in [0.717, 1.165) is 32.5 Å². The zero-order valence-electron chi connectivity index (χ0n) is 23.2. The SMILES string of the molecule is Cc1ccc(Cn2c(N3CCN(CC(=O)Nc4cc(C)cc(C)c4)CC3)nc3c2c(=O)n(C)c(=O)n3C)cc1. The fraction of sp³-hybridized carbons (Fsp3) is 0.379. The van der Waals surface area contributed by atoms with E-state index in [9.17, 15) is 14.4 Å². The van der Waals surface area contributed by atoms with E-state index in [-0.39, 0.29) is 11.5 Å². The van der Waals surface area contributed by atoms with Crippen LogP contribution in [0.4, 0.5) is 11.6 Å². The van der Waals surface area contributed by atoms with Gasteiger partial charge < -0.3 is 10.2 Å². The Morgan fingerprint density at radius 1 is 0.872 bits per heavy atom. The van der Waals surface area contributed by atoms with Gasteiger partial charge in [-0.05, 0) is 49.6 Å². The minimum absolute atomic E-state index is 0.0430. The zero-order chi connectivity index (χ0) is 27.8. The summed E-state index contributed by atoms with van der Waals surface area (Å²) in [5.41, 5.74) is 5.25. The van der Waals surface area contributed by atoms with Gasteiger partial charge in [-0.15, -0.1) is 0 Å². The van der Waals surface area contributed by atoms with Crippen LogP contribution < -0.4 is 21.5 Å². The molecule has 1 amide bonds. The van der Waals surface area contributed by atoms with Crippen molar-refractivity contribution in [2.75, 3.05) is 42.9 Å². The van der Waals surface area contributed by atoms with Gasteiger partial charge in [0.1, 0.15) is 0 Å². The van der Waals surface area contributed by atoms with E-state index in [1.807, 2.05) is 61.7 Å². The first kappa shape index (κ1) is 26.4. The van der Waals surface area contributed by atoms with Crippen molar-refractivity contribution in [3.05, 3.63) is 85.6 Å². The van der Waals surface area contributed by atoms with Gasteiger partial charge in [0, 0.05) is 46.0 Å². The van der Waals surface area contributed by atoms with Gasteiger partial charge in [0.2, 0.25) is 11.9 Å². The number of hydrogen-bond acceptors (Lipinski definition) is 6. The van der Waals surface area contributed by atoms with Gasteiger partial charge in [0.05, 0.1) is 13.1 Å². The van der Waals surface area contributed by atoms with Crippen LogP contribution in [0.25, 0.3) is 11.2 Å². The van der Waals surface area contributed by atoms with E-state index < -0.39 is 5.69 Å². The highest BCUT2D eigenvalue weighted by Gasteiger charge is 2.26. The molecule has 0 atom stereocenters. The molecule has 204 valence electrons. The molecule has 0 spiro atoms. The quantitative estimate of drug-likeness (QED) is 0.411. The van der Waals surface area contributed by atoms with Gasteiger partial charge in [-0.3, -0.25) is 28.2 Å². The molecule has 1 aliphatic heterocycles. The van der Waals surface area contributed by atoms with Crippen molar-refractivity contribution >= 4 is 28.7 Å². The fourth-order valence-electron chi connectivity index (χ4n) is 5.26. The summed E-state index contributed by atoms with van der Waals surface area (Å²) >= 11 is 0. The van der Waals surface area contributed by atoms with Crippen molar-refractivity contribution in [2.45, 2.75) is 27.3 Å². The molecule has 10 nitrogen and oxygen atoms in total. The molecule has 10 heteroatoms. The van der Waals surface area contributed by atoms with Gasteiger partial charge >= 0.3 is 5.69 Å². The van der Waals surface area contributed by atoms with Crippen LogP contribution in [-0.4, -0.2) is 62.2 Å². The average Bonchev–Trinajstić information content (AvgIpc) is 3.26. The zero-order valence-corrected chi connectivity index (χ0v) is 23.2. The lowest BCUT2D eigenvalue weighted by molar-refractivity contribution is -0.117. The third-order valence-corrected chi connectivity index (χ3v) is 7.32. The molecular formula is C29H35N7O3. The second-order valence-electron chi connectivity index (χ2n) is 10.5. The first-order valence-electron chi connectivity index (χ1n) is 13.2. The molecule has 0 bridgehead atoms. The number of piperazine rings is 1. The predicted molar refractivity (Wildman–Crippen MR) is 154 cm³/mol. The van der Waals surface area contributed by atoms with Crippen LogP contribution in [0.1, 0.15) is 22.3 Å². The summed E-state index contributed by atoms with van der Waals surface area (Å²) in [6.45, 7) is 9.45. The van der Waals surface area contributed by atoms with Crippen LogP contribution in [0, 0.1) is 20.8 Å². The van der Waals surface area contributed by atoms with Gasteiger partial charge in [-0.2, -0.15) is 4.98 Å². The maximum atomic E-state index is 13.2. The number of rotatable bonds is 6. The minimum Gasteiger partial charge on any atom is -0.340 e. The number of aryl methyl sites for hydroxylation is 4. The van der Waals surface area contributed by atoms with Gasteiger partial charge in [-0.1, -0.05) is 35.9 Å². The molecule has 2 aromatic carbocycles. The second kappa shape index (κ2) is 10.5. The van der Waals surface area contributed by atoms with Gasteiger partial charge in [0.25, 0.3) is 5.56 Å². The number of fused-ring (bicyclic) bond motifs is 1. The summed E-state index contributed by atoms with van der Waals surface area (Å²) in [4.78, 5) is 47.7. The highest BCUT2D eigenvalue weighted by molar-refractivity contribution is 5.92. The summed E-state index contributed by atoms with van der Waals surface area (Å²) in [5, 5.41) is 3.01. The Morgan fingerprint density at radius 2 is 1.51 bits per heavy atom. The van der Waals surface area contributed by atoms with Crippen LogP contribution in [0.3, 0.4) is 0 Å². The van der Waals surface area contributed by atoms with Crippen LogP contribution in [-0.2, 0) is 25.4 Å². The molecule has 4 aromatic rings. The van der Waals surface area contributed by atoms with Crippen LogP contribution in [0.2, 0.25) is 0 Å². The Morgan fingerprint density at radius 3 is 2.15 bits per heavy atom. The molecule has 5 rings (SSSR count). The maximum absolute atomic E-state index is 13.2. The fourth-order valence-corrected chi connectivity index (χ4v) is 5.26. The van der Waals surface area contributed by atoms with E-state index in [1.54, 1.807) is 7.05 Å². The number of imidazole rings is 1. The molecule has 1 saturated heterocycles. The molecule has 3 heterocycles. The van der Waals surface area contributed by atoms with Crippen molar-refractivity contribution in [1.29, 1.82) is 0 Å². The number of nitrogens with one attached hydrogen (secondary N) is 1. The number of nitrogens with zero attached hydrogens (tertiary/aromatic N) is 6. The smallest absolute Gasteiger partial charge is 0.332 e. The molecule has 1 aliphatic rings. The lowest BCUT2D eigenvalue weighted by atomic mass is 10.1. The molecular weight excluding hydrogens is 494 g/mol. The summed E-state index contributed by atoms with van der Waals surface area (Å²) < 4.78 is 4.48. The Hall–Kier alpha value is -4.18. The van der Waals surface area contributed by atoms with E-state index in [0.29, 0.717) is 56.4 Å². The largest absolute Gasteiger partial charge is 0.340 e. The van der Waals surface area contributed by atoms with Gasteiger partial charge in [-0.25, -0.2) is 4.79 Å². The number of carbonyl (C=O) groups excluding carboxylic acids is 1. The molecule has 2 aromatic heterocycles. The standard InChI is InChI=1S/C29H35N7O3/c1-19-6-8-22(9-7-19)17-36-25-26(32(4)29(39)33(5)27(25)38)31-28(36)35-12-10-34(11-13-35)18-24(37)30-23-15-20(2)14-21(3)16-23/h6-9,14-16H,10-13,17-18H2,1-5H3,(H,30,37). The topological polar surface area (TPSA) is 97.4 Å². The minimum atomic E-state index is -0.404. The van der Waals surface area contributed by atoms with Crippen molar-refractivity contribution in [1.82, 2.24) is 23.6 Å². The molecule has 0 aliphatic carbocycles. The first-order valence-corrected chi connectivity index (χ1v) is 13.2. The Kier molecular flexibility index (Phi) is 7.14. The van der Waals surface area contributed by atoms with Crippen molar-refractivity contribution in [3.8, 4) is 0 Å². The second-order valence-corrected chi connectivity index (χ2v) is 10.5. The summed E-state index contributed by atoms with van der Waals surface area (Å²) in [5.74, 6) is 0.613. The number of carbonyl (C=O) groups is 1. The van der Waals surface area contributed by atoms with Crippen LogP contribution in [0.5, 0.6) is 0 Å². The molecule has 1 fully saturated rings. The molecule has 0 unspecified atom stereocenters.